The zero-order valence-electron chi connectivity index (χ0n) is 8.34. The number of alkyl halides is 3. The zero-order valence-corrected chi connectivity index (χ0v) is 8.34. The van der Waals surface area contributed by atoms with E-state index in [-0.39, 0.29) is 17.7 Å². The van der Waals surface area contributed by atoms with Gasteiger partial charge in [0.1, 0.15) is 11.5 Å². The van der Waals surface area contributed by atoms with Gasteiger partial charge in [-0.25, -0.2) is 0 Å². The van der Waals surface area contributed by atoms with Gasteiger partial charge >= 0.3 is 6.36 Å². The number of halogens is 3. The van der Waals surface area contributed by atoms with Gasteiger partial charge in [0.2, 0.25) is 0 Å². The van der Waals surface area contributed by atoms with Crippen molar-refractivity contribution in [3.8, 4) is 11.5 Å². The summed E-state index contributed by atoms with van der Waals surface area (Å²) < 4.78 is 39.7. The molecule has 0 unspecified atom stereocenters. The van der Waals surface area contributed by atoms with Crippen molar-refractivity contribution in [2.75, 3.05) is 0 Å². The van der Waals surface area contributed by atoms with Gasteiger partial charge in [-0.3, -0.25) is 4.79 Å². The van der Waals surface area contributed by atoms with E-state index in [1.165, 1.54) is 6.92 Å². The smallest absolute Gasteiger partial charge is 0.508 e. The van der Waals surface area contributed by atoms with E-state index < -0.39 is 17.9 Å². The lowest BCUT2D eigenvalue weighted by Crippen LogP contribution is -2.18. The molecule has 0 aliphatic heterocycles. The van der Waals surface area contributed by atoms with Crippen LogP contribution in [0.1, 0.15) is 23.7 Å². The normalized spacial score (nSPS) is 11.2. The fraction of sp³-hybridized carbons (Fsp3) is 0.300. The van der Waals surface area contributed by atoms with Gasteiger partial charge in [-0.1, -0.05) is 6.92 Å². The monoisotopic (exact) mass is 234 g/mol. The van der Waals surface area contributed by atoms with Crippen molar-refractivity contribution in [3.63, 3.8) is 0 Å². The van der Waals surface area contributed by atoms with Gasteiger partial charge in [-0.05, 0) is 18.2 Å². The second-order valence-electron chi connectivity index (χ2n) is 3.00. The van der Waals surface area contributed by atoms with Crippen LogP contribution in [0, 0.1) is 0 Å². The minimum Gasteiger partial charge on any atom is -0.508 e. The third-order valence-electron chi connectivity index (χ3n) is 1.81. The number of benzene rings is 1. The first-order valence-corrected chi connectivity index (χ1v) is 4.45. The highest BCUT2D eigenvalue weighted by atomic mass is 19.4. The molecule has 16 heavy (non-hydrogen) atoms. The van der Waals surface area contributed by atoms with Gasteiger partial charge in [0, 0.05) is 6.42 Å². The standard InChI is InChI=1S/C10H9F3O3/c1-2-8(15)7-5-6(14)3-4-9(7)16-10(11,12)13/h3-5,14H,2H2,1H3. The molecule has 0 bridgehead atoms. The van der Waals surface area contributed by atoms with Crippen LogP contribution in [0.5, 0.6) is 11.5 Å². The van der Waals surface area contributed by atoms with Gasteiger partial charge in [-0.2, -0.15) is 0 Å². The van der Waals surface area contributed by atoms with Crippen LogP contribution in [0.2, 0.25) is 0 Å². The molecule has 0 aliphatic rings. The highest BCUT2D eigenvalue weighted by molar-refractivity contribution is 5.98. The van der Waals surface area contributed by atoms with Crippen molar-refractivity contribution in [2.45, 2.75) is 19.7 Å². The van der Waals surface area contributed by atoms with Crippen LogP contribution in [0.4, 0.5) is 13.2 Å². The molecule has 1 N–H and O–H groups in total. The minimum absolute atomic E-state index is 0.0255. The highest BCUT2D eigenvalue weighted by Gasteiger charge is 2.32. The molecule has 88 valence electrons. The van der Waals surface area contributed by atoms with E-state index in [1.807, 2.05) is 0 Å². The SMILES string of the molecule is CCC(=O)c1cc(O)ccc1OC(F)(F)F. The largest absolute Gasteiger partial charge is 0.573 e. The summed E-state index contributed by atoms with van der Waals surface area (Å²) in [6, 6.07) is 2.88. The number of phenols is 1. The Bertz CT molecular complexity index is 399. The number of phenolic OH excluding ortho intramolecular Hbond substituents is 1. The number of Topliss-reactive ketones (excluding diaryl/α,β-unsaturated/α-hetero) is 1. The lowest BCUT2D eigenvalue weighted by atomic mass is 10.1. The molecule has 0 spiro atoms. The molecular formula is C10H9F3O3. The van der Waals surface area contributed by atoms with E-state index >= 15 is 0 Å². The molecule has 3 nitrogen and oxygen atoms in total. The van der Waals surface area contributed by atoms with Crippen LogP contribution in [0.15, 0.2) is 18.2 Å². The predicted molar refractivity (Wildman–Crippen MR) is 49.4 cm³/mol. The van der Waals surface area contributed by atoms with Crippen molar-refractivity contribution >= 4 is 5.78 Å². The lowest BCUT2D eigenvalue weighted by molar-refractivity contribution is -0.274. The van der Waals surface area contributed by atoms with Gasteiger partial charge < -0.3 is 9.84 Å². The third kappa shape index (κ3) is 3.15. The van der Waals surface area contributed by atoms with E-state index in [9.17, 15) is 18.0 Å². The molecule has 0 atom stereocenters. The Labute approximate surface area is 89.5 Å². The topological polar surface area (TPSA) is 46.5 Å². The van der Waals surface area contributed by atoms with E-state index in [0.29, 0.717) is 0 Å². The summed E-state index contributed by atoms with van der Waals surface area (Å²) in [5, 5.41) is 9.09. The Balaban J connectivity index is 3.13. The number of hydrogen-bond donors (Lipinski definition) is 1. The second kappa shape index (κ2) is 4.42. The first-order valence-electron chi connectivity index (χ1n) is 4.45. The van der Waals surface area contributed by atoms with E-state index in [2.05, 4.69) is 4.74 Å². The maximum absolute atomic E-state index is 12.0. The van der Waals surface area contributed by atoms with Crippen LogP contribution in [-0.2, 0) is 0 Å². The van der Waals surface area contributed by atoms with Gasteiger partial charge in [0.25, 0.3) is 0 Å². The quantitative estimate of drug-likeness (QED) is 0.818. The molecule has 0 heterocycles. The predicted octanol–water partition coefficient (Wildman–Crippen LogP) is 2.88. The maximum Gasteiger partial charge on any atom is 0.573 e. The first-order chi connectivity index (χ1) is 7.33. The summed E-state index contributed by atoms with van der Waals surface area (Å²) in [4.78, 5) is 11.3. The fourth-order valence-corrected chi connectivity index (χ4v) is 1.14. The van der Waals surface area contributed by atoms with Crippen molar-refractivity contribution in [1.29, 1.82) is 0 Å². The van der Waals surface area contributed by atoms with Crippen molar-refractivity contribution < 1.29 is 27.8 Å². The summed E-state index contributed by atoms with van der Waals surface area (Å²) in [6.45, 7) is 1.50. The van der Waals surface area contributed by atoms with Gasteiger partial charge in [-0.15, -0.1) is 13.2 Å². The summed E-state index contributed by atoms with van der Waals surface area (Å²) in [5.41, 5.74) is -0.278. The number of hydrogen-bond acceptors (Lipinski definition) is 3. The Kier molecular flexibility index (Phi) is 3.41. The first kappa shape index (κ1) is 12.4. The number of carbonyl (C=O) groups is 1. The molecule has 0 saturated heterocycles. The summed E-state index contributed by atoms with van der Waals surface area (Å²) in [5.74, 6) is -1.42. The Morgan fingerprint density at radius 1 is 1.44 bits per heavy atom. The molecule has 1 rings (SSSR count). The number of ketones is 1. The van der Waals surface area contributed by atoms with Crippen LogP contribution >= 0.6 is 0 Å². The third-order valence-corrected chi connectivity index (χ3v) is 1.81. The van der Waals surface area contributed by atoms with Crippen molar-refractivity contribution in [1.82, 2.24) is 0 Å². The van der Waals surface area contributed by atoms with Crippen molar-refractivity contribution in [3.05, 3.63) is 23.8 Å². The van der Waals surface area contributed by atoms with E-state index in [4.69, 9.17) is 5.11 Å². The number of aromatic hydroxyl groups is 1. The molecule has 0 radical (unpaired) electrons. The Hall–Kier alpha value is -1.72. The second-order valence-corrected chi connectivity index (χ2v) is 3.00. The molecule has 1 aromatic rings. The molecular weight excluding hydrogens is 225 g/mol. The van der Waals surface area contributed by atoms with Crippen LogP contribution in [0.3, 0.4) is 0 Å². The summed E-state index contributed by atoms with van der Waals surface area (Å²) in [6.07, 6.45) is -4.84. The highest BCUT2D eigenvalue weighted by Crippen LogP contribution is 2.29. The van der Waals surface area contributed by atoms with Crippen LogP contribution < -0.4 is 4.74 Å². The molecule has 0 aromatic heterocycles. The molecule has 1 aromatic carbocycles. The van der Waals surface area contributed by atoms with E-state index in [0.717, 1.165) is 18.2 Å². The average Bonchev–Trinajstić information content (AvgIpc) is 2.17. The maximum atomic E-state index is 12.0. The summed E-state index contributed by atoms with van der Waals surface area (Å²) >= 11 is 0. The Morgan fingerprint density at radius 2 is 2.06 bits per heavy atom. The summed E-state index contributed by atoms with van der Waals surface area (Å²) in [7, 11) is 0. The molecule has 0 amide bonds. The van der Waals surface area contributed by atoms with Crippen molar-refractivity contribution in [2.24, 2.45) is 0 Å². The fourth-order valence-electron chi connectivity index (χ4n) is 1.14. The van der Waals surface area contributed by atoms with Crippen LogP contribution in [-0.4, -0.2) is 17.3 Å². The van der Waals surface area contributed by atoms with Crippen LogP contribution in [0.25, 0.3) is 0 Å². The molecule has 0 fully saturated rings. The molecule has 0 aliphatic carbocycles. The molecule has 6 heteroatoms. The number of ether oxygens (including phenoxy) is 1. The average molecular weight is 234 g/mol. The number of carbonyl (C=O) groups excluding carboxylic acids is 1. The Morgan fingerprint density at radius 3 is 2.56 bits per heavy atom. The minimum atomic E-state index is -4.86. The van der Waals surface area contributed by atoms with Gasteiger partial charge in [0.15, 0.2) is 5.78 Å². The van der Waals surface area contributed by atoms with E-state index in [1.54, 1.807) is 0 Å². The lowest BCUT2D eigenvalue weighted by Gasteiger charge is -2.12. The zero-order chi connectivity index (χ0) is 12.3. The van der Waals surface area contributed by atoms with Gasteiger partial charge in [0.05, 0.1) is 5.56 Å². The molecule has 0 saturated carbocycles. The number of rotatable bonds is 3.